The highest BCUT2D eigenvalue weighted by atomic mass is 32.2. The SMILES string of the molecule is CO/N=C(/C(=O)NC1C(=O)N2C(C(=O)OCOCC(C)(C)C)=C(Cn3nnc(C)n3)CSC12)c1csc(N)n1. The van der Waals surface area contributed by atoms with E-state index in [0.717, 1.165) is 11.3 Å². The summed E-state index contributed by atoms with van der Waals surface area (Å²) in [6.45, 7) is 7.89. The lowest BCUT2D eigenvalue weighted by atomic mass is 9.99. The van der Waals surface area contributed by atoms with Crippen LogP contribution in [0.3, 0.4) is 0 Å². The number of carbonyl (C=O) groups is 3. The summed E-state index contributed by atoms with van der Waals surface area (Å²) in [6.07, 6.45) is 0. The van der Waals surface area contributed by atoms with Crippen LogP contribution in [0.4, 0.5) is 5.13 Å². The lowest BCUT2D eigenvalue weighted by molar-refractivity contribution is -0.161. The summed E-state index contributed by atoms with van der Waals surface area (Å²) in [5.74, 6) is -1.06. The van der Waals surface area contributed by atoms with Gasteiger partial charge in [0.2, 0.25) is 0 Å². The van der Waals surface area contributed by atoms with E-state index in [-0.39, 0.29) is 41.0 Å². The molecule has 1 fully saturated rings. The minimum Gasteiger partial charge on any atom is -0.434 e. The van der Waals surface area contributed by atoms with E-state index in [1.807, 2.05) is 20.8 Å². The van der Waals surface area contributed by atoms with Gasteiger partial charge in [-0.05, 0) is 23.1 Å². The maximum Gasteiger partial charge on any atom is 0.357 e. The highest BCUT2D eigenvalue weighted by Crippen LogP contribution is 2.41. The molecule has 0 aliphatic carbocycles. The Hall–Kier alpha value is -3.57. The van der Waals surface area contributed by atoms with E-state index in [0.29, 0.717) is 23.8 Å². The van der Waals surface area contributed by atoms with Gasteiger partial charge in [-0.2, -0.15) is 4.80 Å². The van der Waals surface area contributed by atoms with E-state index in [1.54, 1.807) is 12.3 Å². The number of hydrogen-bond acceptors (Lipinski definition) is 14. The number of esters is 1. The number of nitrogens with zero attached hydrogens (tertiary/aromatic N) is 7. The number of aromatic nitrogens is 5. The molecular formula is C22H29N9O6S2. The number of carbonyl (C=O) groups excluding carboxylic acids is 3. The van der Waals surface area contributed by atoms with Crippen molar-refractivity contribution in [2.45, 2.75) is 45.7 Å². The summed E-state index contributed by atoms with van der Waals surface area (Å²) < 4.78 is 10.8. The molecule has 2 unspecified atom stereocenters. The van der Waals surface area contributed by atoms with Crippen LogP contribution in [0.15, 0.2) is 21.8 Å². The minimum absolute atomic E-state index is 0.0709. The average Bonchev–Trinajstić information content (AvgIpc) is 3.49. The van der Waals surface area contributed by atoms with Gasteiger partial charge in [-0.25, -0.2) is 9.78 Å². The lowest BCUT2D eigenvalue weighted by Crippen LogP contribution is -2.71. The first-order chi connectivity index (χ1) is 18.5. The van der Waals surface area contributed by atoms with E-state index in [4.69, 9.17) is 20.0 Å². The number of fused-ring (bicyclic) bond motifs is 1. The predicted molar refractivity (Wildman–Crippen MR) is 141 cm³/mol. The zero-order chi connectivity index (χ0) is 28.3. The number of β-lactam (4-membered cyclic amide) rings is 1. The molecule has 210 valence electrons. The second kappa shape index (κ2) is 11.7. The second-order valence-corrected chi connectivity index (χ2v) is 11.8. The number of aryl methyl sites for hydroxylation is 1. The van der Waals surface area contributed by atoms with Crippen molar-refractivity contribution in [3.05, 3.63) is 28.2 Å². The quantitative estimate of drug-likeness (QED) is 0.0979. The number of rotatable bonds is 10. The third kappa shape index (κ3) is 6.54. The van der Waals surface area contributed by atoms with Gasteiger partial charge in [-0.15, -0.1) is 33.3 Å². The first-order valence-electron chi connectivity index (χ1n) is 11.8. The Morgan fingerprint density at radius 3 is 2.72 bits per heavy atom. The Bertz CT molecular complexity index is 1320. The van der Waals surface area contributed by atoms with Crippen molar-refractivity contribution in [3.8, 4) is 0 Å². The van der Waals surface area contributed by atoms with Crippen molar-refractivity contribution < 1.29 is 28.7 Å². The van der Waals surface area contributed by atoms with Gasteiger partial charge in [-0.3, -0.25) is 14.5 Å². The fourth-order valence-corrected chi connectivity index (χ4v) is 5.65. The van der Waals surface area contributed by atoms with Crippen LogP contribution < -0.4 is 11.1 Å². The van der Waals surface area contributed by atoms with Crippen molar-refractivity contribution >= 4 is 51.7 Å². The number of nitrogens with one attached hydrogen (secondary N) is 1. The summed E-state index contributed by atoms with van der Waals surface area (Å²) in [6, 6.07) is -0.922. The number of oxime groups is 1. The Labute approximate surface area is 232 Å². The fourth-order valence-electron chi connectivity index (χ4n) is 3.77. The van der Waals surface area contributed by atoms with Gasteiger partial charge in [0.25, 0.3) is 11.8 Å². The molecule has 0 saturated carbocycles. The van der Waals surface area contributed by atoms with Crippen molar-refractivity contribution in [3.63, 3.8) is 0 Å². The molecule has 0 bridgehead atoms. The summed E-state index contributed by atoms with van der Waals surface area (Å²) in [5, 5.41) is 19.7. The predicted octanol–water partition coefficient (Wildman–Crippen LogP) is 0.288. The van der Waals surface area contributed by atoms with Gasteiger partial charge in [0, 0.05) is 11.1 Å². The Morgan fingerprint density at radius 2 is 2.10 bits per heavy atom. The standard InChI is InChI=1S/C22H29N9O6S2/c1-11-26-29-30(27-11)6-12-7-38-19-15(25-17(32)14(28-35-5)13-8-39-21(23)24-13)18(33)31(19)16(12)20(34)37-10-36-9-22(2,3)4/h8,15,19H,6-7,9-10H2,1-5H3,(H2,23,24)(H,25,32)/b28-14+. The van der Waals surface area contributed by atoms with Crippen LogP contribution in [0.1, 0.15) is 32.3 Å². The zero-order valence-corrected chi connectivity index (χ0v) is 23.7. The highest BCUT2D eigenvalue weighted by molar-refractivity contribution is 8.00. The number of ether oxygens (including phenoxy) is 2. The minimum atomic E-state index is -0.922. The Balaban J connectivity index is 1.52. The van der Waals surface area contributed by atoms with E-state index < -0.39 is 29.2 Å². The monoisotopic (exact) mass is 579 g/mol. The van der Waals surface area contributed by atoms with Crippen molar-refractivity contribution in [2.24, 2.45) is 10.6 Å². The summed E-state index contributed by atoms with van der Waals surface area (Å²) >= 11 is 2.51. The summed E-state index contributed by atoms with van der Waals surface area (Å²) in [4.78, 5) is 51.0. The van der Waals surface area contributed by atoms with Crippen LogP contribution in [0.25, 0.3) is 0 Å². The largest absolute Gasteiger partial charge is 0.434 e. The maximum atomic E-state index is 13.3. The molecule has 1 saturated heterocycles. The topological polar surface area (TPSA) is 189 Å². The number of nitrogen functional groups attached to an aromatic ring is 1. The van der Waals surface area contributed by atoms with Crippen molar-refractivity contribution in [1.82, 2.24) is 35.4 Å². The van der Waals surface area contributed by atoms with E-state index in [2.05, 4.69) is 30.9 Å². The van der Waals surface area contributed by atoms with Gasteiger partial charge < -0.3 is 25.4 Å². The molecule has 2 aliphatic heterocycles. The molecular weight excluding hydrogens is 550 g/mol. The van der Waals surface area contributed by atoms with Crippen molar-refractivity contribution in [1.29, 1.82) is 0 Å². The normalized spacial score (nSPS) is 19.5. The first kappa shape index (κ1) is 28.4. The fraction of sp³-hybridized carbons (Fsp3) is 0.545. The van der Waals surface area contributed by atoms with Crippen molar-refractivity contribution in [2.75, 3.05) is 32.0 Å². The Morgan fingerprint density at radius 1 is 1.33 bits per heavy atom. The molecule has 4 heterocycles. The number of tetrazole rings is 1. The first-order valence-corrected chi connectivity index (χ1v) is 13.7. The lowest BCUT2D eigenvalue weighted by Gasteiger charge is -2.49. The van der Waals surface area contributed by atoms with Crippen LogP contribution in [0.2, 0.25) is 0 Å². The van der Waals surface area contributed by atoms with Crippen LogP contribution in [-0.2, 0) is 35.2 Å². The number of thioether (sulfide) groups is 1. The van der Waals surface area contributed by atoms with Crippen LogP contribution in [-0.4, -0.2) is 91.3 Å². The van der Waals surface area contributed by atoms with Gasteiger partial charge >= 0.3 is 5.97 Å². The molecule has 2 aromatic rings. The number of anilines is 1. The molecule has 4 rings (SSSR count). The summed E-state index contributed by atoms with van der Waals surface area (Å²) in [5.41, 5.74) is 6.30. The number of nitrogens with two attached hydrogens (primary N) is 1. The maximum absolute atomic E-state index is 13.3. The number of hydrogen-bond donors (Lipinski definition) is 2. The smallest absolute Gasteiger partial charge is 0.357 e. The average molecular weight is 580 g/mol. The molecule has 15 nitrogen and oxygen atoms in total. The highest BCUT2D eigenvalue weighted by Gasteiger charge is 2.54. The number of amides is 2. The van der Waals surface area contributed by atoms with Gasteiger partial charge in [0.15, 0.2) is 23.5 Å². The molecule has 2 amide bonds. The molecule has 0 spiro atoms. The zero-order valence-electron chi connectivity index (χ0n) is 22.0. The van der Waals surface area contributed by atoms with Gasteiger partial charge in [-0.1, -0.05) is 25.9 Å². The van der Waals surface area contributed by atoms with Crippen LogP contribution >= 0.6 is 23.1 Å². The summed E-state index contributed by atoms with van der Waals surface area (Å²) in [7, 11) is 1.29. The molecule has 17 heteroatoms. The van der Waals surface area contributed by atoms with Gasteiger partial charge in [0.05, 0.1) is 13.2 Å². The van der Waals surface area contributed by atoms with Gasteiger partial charge in [0.1, 0.15) is 29.9 Å². The third-order valence-corrected chi connectivity index (χ3v) is 7.40. The third-order valence-electron chi connectivity index (χ3n) is 5.38. The molecule has 3 N–H and O–H groups in total. The molecule has 2 atom stereocenters. The van der Waals surface area contributed by atoms with E-state index in [9.17, 15) is 14.4 Å². The number of thiazole rings is 1. The molecule has 0 aromatic carbocycles. The van der Waals surface area contributed by atoms with Crippen LogP contribution in [0.5, 0.6) is 0 Å². The molecule has 2 aliphatic rings. The van der Waals surface area contributed by atoms with Crippen LogP contribution in [0, 0.1) is 12.3 Å². The second-order valence-electron chi connectivity index (χ2n) is 9.83. The molecule has 0 radical (unpaired) electrons. The molecule has 2 aromatic heterocycles. The van der Waals surface area contributed by atoms with E-state index >= 15 is 0 Å². The Kier molecular flexibility index (Phi) is 8.51. The molecule has 39 heavy (non-hydrogen) atoms. The van der Waals surface area contributed by atoms with E-state index in [1.165, 1.54) is 28.6 Å².